The average Bonchev–Trinajstić information content (AvgIpc) is 3.07. The van der Waals surface area contributed by atoms with E-state index in [0.29, 0.717) is 22.6 Å². The maximum Gasteiger partial charge on any atom is 0.240 e. The largest absolute Gasteiger partial charge is 0.495 e. The zero-order valence-corrected chi connectivity index (χ0v) is 19.8. The minimum atomic E-state index is -3.70. The van der Waals surface area contributed by atoms with Crippen molar-refractivity contribution in [3.05, 3.63) is 42.7 Å². The van der Waals surface area contributed by atoms with Crippen LogP contribution in [-0.4, -0.2) is 56.5 Å². The van der Waals surface area contributed by atoms with E-state index in [4.69, 9.17) is 9.47 Å². The van der Waals surface area contributed by atoms with Gasteiger partial charge in [0.05, 0.1) is 37.0 Å². The number of fused-ring (bicyclic) bond motifs is 1. The molecule has 3 aromatic rings. The van der Waals surface area contributed by atoms with Crippen LogP contribution in [0.4, 0.5) is 5.69 Å². The molecule has 4 rings (SSSR count). The first-order chi connectivity index (χ1) is 14.9. The SMILES string of the molecule is COc1cc2ncc(-c3cccc(NS(=O)(=O)C4COC4)c3)n2cc1S(=O)(=O)C(C)(C)C. The maximum absolute atomic E-state index is 13.2. The molecule has 2 aromatic heterocycles. The highest BCUT2D eigenvalue weighted by atomic mass is 32.2. The molecular formula is C21H25N3O6S2. The van der Waals surface area contributed by atoms with E-state index >= 15 is 0 Å². The summed E-state index contributed by atoms with van der Waals surface area (Å²) in [4.78, 5) is 4.43. The van der Waals surface area contributed by atoms with Crippen LogP contribution in [0.3, 0.4) is 0 Å². The summed E-state index contributed by atoms with van der Waals surface area (Å²) in [6.45, 7) is 5.24. The summed E-state index contributed by atoms with van der Waals surface area (Å²) in [7, 11) is -5.84. The highest BCUT2D eigenvalue weighted by molar-refractivity contribution is 7.93. The van der Waals surface area contributed by atoms with Crippen LogP contribution in [-0.2, 0) is 24.6 Å². The van der Waals surface area contributed by atoms with Crippen molar-refractivity contribution in [3.8, 4) is 17.0 Å². The molecule has 0 spiro atoms. The van der Waals surface area contributed by atoms with Gasteiger partial charge in [0.2, 0.25) is 10.0 Å². The Morgan fingerprint density at radius 1 is 1.16 bits per heavy atom. The van der Waals surface area contributed by atoms with Crippen LogP contribution in [0.1, 0.15) is 20.8 Å². The van der Waals surface area contributed by atoms with E-state index in [1.165, 1.54) is 13.3 Å². The number of rotatable bonds is 6. The van der Waals surface area contributed by atoms with E-state index in [-0.39, 0.29) is 23.9 Å². The van der Waals surface area contributed by atoms with E-state index in [0.717, 1.165) is 0 Å². The molecule has 0 aliphatic carbocycles. The van der Waals surface area contributed by atoms with Crippen LogP contribution in [0.2, 0.25) is 0 Å². The third-order valence-electron chi connectivity index (χ3n) is 5.36. The summed E-state index contributed by atoms with van der Waals surface area (Å²) in [5.41, 5.74) is 2.19. The maximum atomic E-state index is 13.2. The Morgan fingerprint density at radius 2 is 1.88 bits per heavy atom. The van der Waals surface area contributed by atoms with Gasteiger partial charge in [0.15, 0.2) is 9.84 Å². The molecule has 1 aliphatic heterocycles. The molecule has 0 amide bonds. The van der Waals surface area contributed by atoms with Gasteiger partial charge in [0.1, 0.15) is 21.5 Å². The molecule has 0 bridgehead atoms. The Hall–Kier alpha value is -2.63. The molecule has 0 saturated carbocycles. The lowest BCUT2D eigenvalue weighted by atomic mass is 10.1. The Bertz CT molecular complexity index is 1380. The number of benzene rings is 1. The lowest BCUT2D eigenvalue weighted by Gasteiger charge is -2.26. The van der Waals surface area contributed by atoms with Gasteiger partial charge >= 0.3 is 0 Å². The Labute approximate surface area is 187 Å². The second-order valence-corrected chi connectivity index (χ2v) is 13.2. The number of pyridine rings is 1. The molecule has 1 aliphatic rings. The van der Waals surface area contributed by atoms with E-state index in [1.807, 2.05) is 0 Å². The van der Waals surface area contributed by atoms with E-state index in [2.05, 4.69) is 9.71 Å². The number of sulfone groups is 1. The molecule has 0 unspecified atom stereocenters. The first-order valence-corrected chi connectivity index (χ1v) is 13.0. The monoisotopic (exact) mass is 479 g/mol. The molecule has 3 heterocycles. The van der Waals surface area contributed by atoms with Crippen molar-refractivity contribution in [2.24, 2.45) is 0 Å². The molecule has 1 aromatic carbocycles. The number of ether oxygens (including phenoxy) is 2. The molecule has 1 fully saturated rings. The molecule has 9 nitrogen and oxygen atoms in total. The van der Waals surface area contributed by atoms with Gasteiger partial charge in [-0.15, -0.1) is 0 Å². The number of hydrogen-bond acceptors (Lipinski definition) is 7. The normalized spacial score (nSPS) is 15.5. The van der Waals surface area contributed by atoms with Gasteiger partial charge < -0.3 is 9.47 Å². The van der Waals surface area contributed by atoms with Gasteiger partial charge in [-0.25, -0.2) is 21.8 Å². The van der Waals surface area contributed by atoms with Crippen LogP contribution < -0.4 is 9.46 Å². The Balaban J connectivity index is 1.80. The molecule has 0 atom stereocenters. The van der Waals surface area contributed by atoms with Crippen molar-refractivity contribution in [2.45, 2.75) is 35.7 Å². The number of nitrogens with one attached hydrogen (secondary N) is 1. The number of imidazole rings is 1. The molecule has 1 N–H and O–H groups in total. The molecule has 11 heteroatoms. The summed E-state index contributed by atoms with van der Waals surface area (Å²) in [6.07, 6.45) is 3.11. The third kappa shape index (κ3) is 3.84. The fraction of sp³-hybridized carbons (Fsp3) is 0.381. The van der Waals surface area contributed by atoms with Crippen molar-refractivity contribution in [2.75, 3.05) is 25.0 Å². The van der Waals surface area contributed by atoms with Crippen molar-refractivity contribution >= 4 is 31.2 Å². The van der Waals surface area contributed by atoms with E-state index < -0.39 is 29.9 Å². The van der Waals surface area contributed by atoms with E-state index in [9.17, 15) is 16.8 Å². The van der Waals surface area contributed by atoms with Crippen molar-refractivity contribution < 1.29 is 26.3 Å². The van der Waals surface area contributed by atoms with Crippen LogP contribution in [0.25, 0.3) is 16.9 Å². The number of sulfonamides is 1. The molecule has 32 heavy (non-hydrogen) atoms. The van der Waals surface area contributed by atoms with Crippen molar-refractivity contribution in [1.29, 1.82) is 0 Å². The van der Waals surface area contributed by atoms with E-state index in [1.54, 1.807) is 61.7 Å². The lowest BCUT2D eigenvalue weighted by Crippen LogP contribution is -2.43. The van der Waals surface area contributed by atoms with Crippen molar-refractivity contribution in [3.63, 3.8) is 0 Å². The molecular weight excluding hydrogens is 454 g/mol. The van der Waals surface area contributed by atoms with Gasteiger partial charge in [-0.2, -0.15) is 0 Å². The first-order valence-electron chi connectivity index (χ1n) is 9.93. The van der Waals surface area contributed by atoms with Gasteiger partial charge in [-0.3, -0.25) is 9.12 Å². The van der Waals surface area contributed by atoms with Crippen LogP contribution in [0.5, 0.6) is 5.75 Å². The summed E-state index contributed by atoms with van der Waals surface area (Å²) >= 11 is 0. The fourth-order valence-corrected chi connectivity index (χ4v) is 5.76. The summed E-state index contributed by atoms with van der Waals surface area (Å²) < 4.78 is 64.7. The third-order valence-corrected chi connectivity index (χ3v) is 9.52. The number of anilines is 1. The quantitative estimate of drug-likeness (QED) is 0.578. The first kappa shape index (κ1) is 22.6. The van der Waals surface area contributed by atoms with Gasteiger partial charge in [0, 0.05) is 23.5 Å². The minimum absolute atomic E-state index is 0.0566. The number of aromatic nitrogens is 2. The number of hydrogen-bond donors (Lipinski definition) is 1. The zero-order valence-electron chi connectivity index (χ0n) is 18.2. The van der Waals surface area contributed by atoms with Crippen molar-refractivity contribution in [1.82, 2.24) is 9.38 Å². The summed E-state index contributed by atoms with van der Waals surface area (Å²) in [5, 5.41) is -0.570. The molecule has 172 valence electrons. The molecule has 1 saturated heterocycles. The topological polar surface area (TPSA) is 116 Å². The van der Waals surface area contributed by atoms with Gasteiger partial charge in [0.25, 0.3) is 0 Å². The number of nitrogens with zero attached hydrogens (tertiary/aromatic N) is 2. The molecule has 0 radical (unpaired) electrons. The lowest BCUT2D eigenvalue weighted by molar-refractivity contribution is 0.0418. The Morgan fingerprint density at radius 3 is 2.47 bits per heavy atom. The van der Waals surface area contributed by atoms with Gasteiger partial charge in [-0.05, 0) is 32.9 Å². The second kappa shape index (κ2) is 7.75. The zero-order chi connectivity index (χ0) is 23.3. The standard InChI is InChI=1S/C21H25N3O6S2/c1-21(2,3)31(25,26)19-11-24-17(10-22-20(24)9-18(19)29-4)14-6-5-7-15(8-14)23-32(27,28)16-12-30-13-16/h5-11,16,23H,12-13H2,1-4H3. The van der Waals surface area contributed by atoms with Crippen LogP contribution in [0.15, 0.2) is 47.6 Å². The smallest absolute Gasteiger partial charge is 0.240 e. The summed E-state index contributed by atoms with van der Waals surface area (Å²) in [5.74, 6) is 0.216. The summed E-state index contributed by atoms with van der Waals surface area (Å²) in [6, 6.07) is 8.44. The minimum Gasteiger partial charge on any atom is -0.495 e. The predicted molar refractivity (Wildman–Crippen MR) is 121 cm³/mol. The van der Waals surface area contributed by atoms with Crippen LogP contribution >= 0.6 is 0 Å². The highest BCUT2D eigenvalue weighted by Gasteiger charge is 2.35. The van der Waals surface area contributed by atoms with Gasteiger partial charge in [-0.1, -0.05) is 12.1 Å². The highest BCUT2D eigenvalue weighted by Crippen LogP contribution is 2.34. The van der Waals surface area contributed by atoms with Crippen LogP contribution in [0, 0.1) is 0 Å². The average molecular weight is 480 g/mol. The number of methoxy groups -OCH3 is 1. The fourth-order valence-electron chi connectivity index (χ4n) is 3.27. The second-order valence-electron chi connectivity index (χ2n) is 8.58. The predicted octanol–water partition coefficient (Wildman–Crippen LogP) is 2.72. The Kier molecular flexibility index (Phi) is 5.46.